The van der Waals surface area contributed by atoms with E-state index in [-0.39, 0.29) is 23.5 Å². The van der Waals surface area contributed by atoms with Crippen LogP contribution in [-0.4, -0.2) is 37.2 Å². The van der Waals surface area contributed by atoms with Crippen LogP contribution in [0.3, 0.4) is 0 Å². The van der Waals surface area contributed by atoms with E-state index in [9.17, 15) is 29.6 Å². The molecule has 0 aliphatic heterocycles. The average Bonchev–Trinajstić information content (AvgIpc) is 2.61. The van der Waals surface area contributed by atoms with Gasteiger partial charge in [0.1, 0.15) is 11.2 Å². The van der Waals surface area contributed by atoms with E-state index in [1.54, 1.807) is 13.0 Å². The van der Waals surface area contributed by atoms with Crippen LogP contribution in [0.5, 0.6) is 0 Å². The lowest BCUT2D eigenvalue weighted by molar-refractivity contribution is -0.384. The number of carbonyl (C=O) groups is 2. The van der Waals surface area contributed by atoms with E-state index in [1.807, 2.05) is 0 Å². The van der Waals surface area contributed by atoms with E-state index in [0.717, 1.165) is 10.7 Å². The summed E-state index contributed by atoms with van der Waals surface area (Å²) in [6, 6.07) is 6.87. The van der Waals surface area contributed by atoms with Crippen molar-refractivity contribution in [3.8, 4) is 5.69 Å². The Balaban J connectivity index is 2.56. The molecule has 0 saturated heterocycles. The number of carbonyl (C=O) groups excluding carboxylic acids is 1. The summed E-state index contributed by atoms with van der Waals surface area (Å²) in [7, 11) is 0. The number of carboxylic acid groups (broad SMARTS) is 1. The summed E-state index contributed by atoms with van der Waals surface area (Å²) < 4.78 is 1.12. The van der Waals surface area contributed by atoms with Crippen molar-refractivity contribution in [1.29, 1.82) is 0 Å². The summed E-state index contributed by atoms with van der Waals surface area (Å²) in [5.74, 6) is -2.20. The van der Waals surface area contributed by atoms with E-state index >= 15 is 0 Å². The molecule has 0 spiro atoms. The number of nitro groups is 1. The van der Waals surface area contributed by atoms with E-state index < -0.39 is 33.5 Å². The van der Waals surface area contributed by atoms with Gasteiger partial charge in [-0.05, 0) is 26.3 Å². The second kappa shape index (κ2) is 7.99. The van der Waals surface area contributed by atoms with E-state index in [1.165, 1.54) is 32.0 Å². The third-order valence-corrected chi connectivity index (χ3v) is 4.24. The van der Waals surface area contributed by atoms with Gasteiger partial charge in [0.15, 0.2) is 5.69 Å². The molecule has 10 heteroatoms. The van der Waals surface area contributed by atoms with Gasteiger partial charge in [-0.25, -0.2) is 9.48 Å². The van der Waals surface area contributed by atoms with Crippen LogP contribution in [0, 0.1) is 17.0 Å². The molecule has 2 aromatic rings. The molecule has 1 aromatic heterocycles. The maximum atomic E-state index is 12.6. The second-order valence-electron chi connectivity index (χ2n) is 6.50. The predicted octanol–water partition coefficient (Wildman–Crippen LogP) is 1.82. The van der Waals surface area contributed by atoms with Crippen molar-refractivity contribution in [3.05, 3.63) is 62.1 Å². The minimum atomic E-state index is -1.57. The number of rotatable bonds is 7. The van der Waals surface area contributed by atoms with Crippen molar-refractivity contribution in [2.45, 2.75) is 39.2 Å². The van der Waals surface area contributed by atoms with Crippen LogP contribution in [0.15, 0.2) is 35.1 Å². The van der Waals surface area contributed by atoms with Crippen LogP contribution in [0.1, 0.15) is 42.9 Å². The fourth-order valence-corrected chi connectivity index (χ4v) is 2.78. The maximum absolute atomic E-state index is 12.6. The minimum Gasteiger partial charge on any atom is -0.480 e. The second-order valence-corrected chi connectivity index (χ2v) is 6.50. The zero-order valence-corrected chi connectivity index (χ0v) is 15.6. The third kappa shape index (κ3) is 4.05. The van der Waals surface area contributed by atoms with Crippen molar-refractivity contribution >= 4 is 17.6 Å². The highest BCUT2D eigenvalue weighted by Gasteiger charge is 2.35. The molecule has 0 saturated carbocycles. The molecular weight excluding hydrogens is 368 g/mol. The SMILES string of the molecule is CCCC(C)(NC(=O)c1nn(-c2ccccc2[N+](=O)[O-])c(C)cc1=O)C(=O)O. The summed E-state index contributed by atoms with van der Waals surface area (Å²) in [6.45, 7) is 4.62. The highest BCUT2D eigenvalue weighted by molar-refractivity contribution is 5.96. The Morgan fingerprint density at radius 1 is 1.36 bits per heavy atom. The number of amides is 1. The highest BCUT2D eigenvalue weighted by atomic mass is 16.6. The molecule has 28 heavy (non-hydrogen) atoms. The smallest absolute Gasteiger partial charge is 0.329 e. The largest absolute Gasteiger partial charge is 0.480 e. The van der Waals surface area contributed by atoms with Crippen LogP contribution >= 0.6 is 0 Å². The molecule has 1 unspecified atom stereocenters. The fraction of sp³-hybridized carbons (Fsp3) is 0.333. The lowest BCUT2D eigenvalue weighted by atomic mass is 9.96. The number of carboxylic acids is 1. The number of aliphatic carboxylic acids is 1. The highest BCUT2D eigenvalue weighted by Crippen LogP contribution is 2.22. The lowest BCUT2D eigenvalue weighted by Gasteiger charge is -2.25. The maximum Gasteiger partial charge on any atom is 0.329 e. The van der Waals surface area contributed by atoms with Gasteiger partial charge in [0.2, 0.25) is 5.43 Å². The van der Waals surface area contributed by atoms with Gasteiger partial charge in [0, 0.05) is 17.8 Å². The molecule has 1 aromatic carbocycles. The van der Waals surface area contributed by atoms with Gasteiger partial charge < -0.3 is 10.4 Å². The molecule has 1 atom stereocenters. The number of hydrogen-bond acceptors (Lipinski definition) is 6. The molecule has 0 aliphatic carbocycles. The Morgan fingerprint density at radius 2 is 2.00 bits per heavy atom. The van der Waals surface area contributed by atoms with Gasteiger partial charge in [0.05, 0.1) is 4.92 Å². The summed E-state index contributed by atoms with van der Waals surface area (Å²) in [5.41, 5.74) is -2.73. The van der Waals surface area contributed by atoms with Crippen LogP contribution in [0.2, 0.25) is 0 Å². The van der Waals surface area contributed by atoms with Crippen LogP contribution < -0.4 is 10.7 Å². The first-order chi connectivity index (χ1) is 13.1. The van der Waals surface area contributed by atoms with Crippen LogP contribution in [0.4, 0.5) is 5.69 Å². The topological polar surface area (TPSA) is 144 Å². The Kier molecular flexibility index (Phi) is 5.92. The number of nitrogens with zero attached hydrogens (tertiary/aromatic N) is 3. The average molecular weight is 388 g/mol. The number of aryl methyl sites for hydroxylation is 1. The van der Waals surface area contributed by atoms with Crippen molar-refractivity contribution < 1.29 is 19.6 Å². The Bertz CT molecular complexity index is 1000. The standard InChI is InChI=1S/C18H20N4O6/c1-4-9-18(3,17(25)26)19-16(24)15-14(23)10-11(2)21(20-15)12-7-5-6-8-13(12)22(27)28/h5-8,10H,4,9H2,1-3H3,(H,19,24)(H,25,26). The summed E-state index contributed by atoms with van der Waals surface area (Å²) >= 11 is 0. The van der Waals surface area contributed by atoms with Gasteiger partial charge in [-0.15, -0.1) is 0 Å². The molecule has 1 heterocycles. The minimum absolute atomic E-state index is 0.0774. The van der Waals surface area contributed by atoms with Crippen LogP contribution in [-0.2, 0) is 4.79 Å². The molecular formula is C18H20N4O6. The van der Waals surface area contributed by atoms with Gasteiger partial charge in [-0.1, -0.05) is 25.5 Å². The van der Waals surface area contributed by atoms with Crippen LogP contribution in [0.25, 0.3) is 5.69 Å². The molecule has 0 aliphatic rings. The van der Waals surface area contributed by atoms with Crippen molar-refractivity contribution in [2.24, 2.45) is 0 Å². The Labute approximate surface area is 160 Å². The Morgan fingerprint density at radius 3 is 2.57 bits per heavy atom. The summed E-state index contributed by atoms with van der Waals surface area (Å²) in [6.07, 6.45) is 0.642. The number of hydrogen-bond donors (Lipinski definition) is 2. The van der Waals surface area contributed by atoms with E-state index in [2.05, 4.69) is 10.4 Å². The zero-order valence-electron chi connectivity index (χ0n) is 15.6. The first-order valence-corrected chi connectivity index (χ1v) is 8.51. The summed E-state index contributed by atoms with van der Waals surface area (Å²) in [4.78, 5) is 47.1. The van der Waals surface area contributed by atoms with Gasteiger partial charge in [-0.3, -0.25) is 19.7 Å². The lowest BCUT2D eigenvalue weighted by Crippen LogP contribution is -2.53. The van der Waals surface area contributed by atoms with Gasteiger partial charge in [-0.2, -0.15) is 5.10 Å². The van der Waals surface area contributed by atoms with Crippen molar-refractivity contribution in [3.63, 3.8) is 0 Å². The molecule has 0 fully saturated rings. The van der Waals surface area contributed by atoms with E-state index in [4.69, 9.17) is 0 Å². The molecule has 1 amide bonds. The quantitative estimate of drug-likeness (QED) is 0.543. The molecule has 0 bridgehead atoms. The van der Waals surface area contributed by atoms with Crippen molar-refractivity contribution in [1.82, 2.24) is 15.1 Å². The number of nitrogens with one attached hydrogen (secondary N) is 1. The zero-order chi connectivity index (χ0) is 21.1. The first-order valence-electron chi connectivity index (χ1n) is 8.51. The number of nitro benzene ring substituents is 1. The first kappa shape index (κ1) is 20.7. The van der Waals surface area contributed by atoms with Gasteiger partial charge in [0.25, 0.3) is 11.6 Å². The normalized spacial score (nSPS) is 12.8. The Hall–Kier alpha value is -3.56. The van der Waals surface area contributed by atoms with Crippen molar-refractivity contribution in [2.75, 3.05) is 0 Å². The number of benzene rings is 1. The van der Waals surface area contributed by atoms with Gasteiger partial charge >= 0.3 is 5.97 Å². The van der Waals surface area contributed by atoms with E-state index in [0.29, 0.717) is 6.42 Å². The molecule has 0 radical (unpaired) electrons. The molecule has 148 valence electrons. The summed E-state index contributed by atoms with van der Waals surface area (Å²) in [5, 5.41) is 27.0. The third-order valence-electron chi connectivity index (χ3n) is 4.24. The number of aromatic nitrogens is 2. The molecule has 2 N–H and O–H groups in total. The molecule has 10 nitrogen and oxygen atoms in total. The fourth-order valence-electron chi connectivity index (χ4n) is 2.78. The number of para-hydroxylation sites is 2. The molecule has 2 rings (SSSR count). The monoisotopic (exact) mass is 388 g/mol. The predicted molar refractivity (Wildman–Crippen MR) is 99.6 cm³/mol.